The van der Waals surface area contributed by atoms with Crippen LogP contribution in [0.15, 0.2) is 29.2 Å². The topological polar surface area (TPSA) is 29.1 Å². The van der Waals surface area contributed by atoms with Gasteiger partial charge in [-0.3, -0.25) is 4.79 Å². The number of amides is 1. The second-order valence-electron chi connectivity index (χ2n) is 3.67. The monoisotopic (exact) mass is 207 g/mol. The molecule has 1 aliphatic carbocycles. The third-order valence-electron chi connectivity index (χ3n) is 2.59. The fourth-order valence-electron chi connectivity index (χ4n) is 1.50. The first-order valence-corrected chi connectivity index (χ1v) is 5.30. The SMILES string of the molecule is O=C(Nc1cccc(S)c1)C1CCC1. The van der Waals surface area contributed by atoms with Crippen LogP contribution in [0.2, 0.25) is 0 Å². The van der Waals surface area contributed by atoms with Crippen LogP contribution in [0.5, 0.6) is 0 Å². The number of anilines is 1. The number of carbonyl (C=O) groups is 1. The lowest BCUT2D eigenvalue weighted by molar-refractivity contribution is -0.122. The highest BCUT2D eigenvalue weighted by molar-refractivity contribution is 7.80. The molecule has 0 saturated heterocycles. The number of carbonyl (C=O) groups excluding carboxylic acids is 1. The van der Waals surface area contributed by atoms with Gasteiger partial charge in [-0.05, 0) is 31.0 Å². The van der Waals surface area contributed by atoms with E-state index in [1.165, 1.54) is 6.42 Å². The summed E-state index contributed by atoms with van der Waals surface area (Å²) in [6.07, 6.45) is 3.25. The summed E-state index contributed by atoms with van der Waals surface area (Å²) in [4.78, 5) is 12.4. The number of benzene rings is 1. The maximum absolute atomic E-state index is 11.6. The van der Waals surface area contributed by atoms with E-state index in [0.29, 0.717) is 0 Å². The van der Waals surface area contributed by atoms with Crippen molar-refractivity contribution in [1.29, 1.82) is 0 Å². The summed E-state index contributed by atoms with van der Waals surface area (Å²) in [5.74, 6) is 0.383. The smallest absolute Gasteiger partial charge is 0.227 e. The van der Waals surface area contributed by atoms with Crippen LogP contribution in [0.4, 0.5) is 5.69 Å². The van der Waals surface area contributed by atoms with Crippen LogP contribution in [0, 0.1) is 5.92 Å². The Hall–Kier alpha value is -0.960. The highest BCUT2D eigenvalue weighted by atomic mass is 32.1. The second-order valence-corrected chi connectivity index (χ2v) is 4.18. The highest BCUT2D eigenvalue weighted by Gasteiger charge is 2.24. The largest absolute Gasteiger partial charge is 0.326 e. The summed E-state index contributed by atoms with van der Waals surface area (Å²) < 4.78 is 0. The van der Waals surface area contributed by atoms with Gasteiger partial charge in [-0.15, -0.1) is 12.6 Å². The summed E-state index contributed by atoms with van der Waals surface area (Å²) in [5.41, 5.74) is 0.842. The molecule has 1 amide bonds. The standard InChI is InChI=1S/C11H13NOS/c13-11(8-3-1-4-8)12-9-5-2-6-10(14)7-9/h2,5-8,14H,1,3-4H2,(H,12,13). The van der Waals surface area contributed by atoms with Crippen molar-refractivity contribution >= 4 is 24.2 Å². The van der Waals surface area contributed by atoms with E-state index < -0.39 is 0 Å². The summed E-state index contributed by atoms with van der Waals surface area (Å²) in [5, 5.41) is 2.90. The van der Waals surface area contributed by atoms with Gasteiger partial charge < -0.3 is 5.32 Å². The van der Waals surface area contributed by atoms with Crippen LogP contribution in [0.25, 0.3) is 0 Å². The fraction of sp³-hybridized carbons (Fsp3) is 0.364. The summed E-state index contributed by atoms with van der Waals surface area (Å²) in [6.45, 7) is 0. The molecule has 0 radical (unpaired) electrons. The summed E-state index contributed by atoms with van der Waals surface area (Å²) in [7, 11) is 0. The average Bonchev–Trinajstić information content (AvgIpc) is 1.99. The minimum Gasteiger partial charge on any atom is -0.326 e. The molecule has 0 spiro atoms. The third-order valence-corrected chi connectivity index (χ3v) is 2.87. The van der Waals surface area contributed by atoms with E-state index in [-0.39, 0.29) is 11.8 Å². The quantitative estimate of drug-likeness (QED) is 0.717. The van der Waals surface area contributed by atoms with Gasteiger partial charge in [0.05, 0.1) is 0 Å². The van der Waals surface area contributed by atoms with Crippen LogP contribution < -0.4 is 5.32 Å². The van der Waals surface area contributed by atoms with Gasteiger partial charge >= 0.3 is 0 Å². The van der Waals surface area contributed by atoms with Crippen molar-refractivity contribution in [2.45, 2.75) is 24.2 Å². The minimum absolute atomic E-state index is 0.148. The Morgan fingerprint density at radius 1 is 1.43 bits per heavy atom. The number of thiol groups is 1. The predicted molar refractivity (Wildman–Crippen MR) is 59.7 cm³/mol. The molecule has 0 heterocycles. The van der Waals surface area contributed by atoms with E-state index in [1.54, 1.807) is 0 Å². The molecule has 74 valence electrons. The Bertz CT molecular complexity index is 347. The van der Waals surface area contributed by atoms with Crippen LogP contribution >= 0.6 is 12.6 Å². The van der Waals surface area contributed by atoms with Crippen LogP contribution in [0.3, 0.4) is 0 Å². The number of rotatable bonds is 2. The molecule has 1 aromatic rings. The molecule has 0 atom stereocenters. The first-order valence-electron chi connectivity index (χ1n) is 4.85. The molecule has 2 nitrogen and oxygen atoms in total. The van der Waals surface area contributed by atoms with Crippen molar-refractivity contribution in [2.75, 3.05) is 5.32 Å². The van der Waals surface area contributed by atoms with E-state index in [1.807, 2.05) is 24.3 Å². The summed E-state index contributed by atoms with van der Waals surface area (Å²) >= 11 is 4.21. The van der Waals surface area contributed by atoms with E-state index in [4.69, 9.17) is 0 Å². The molecule has 0 bridgehead atoms. The Morgan fingerprint density at radius 3 is 2.79 bits per heavy atom. The lowest BCUT2D eigenvalue weighted by Gasteiger charge is -2.24. The van der Waals surface area contributed by atoms with Crippen molar-refractivity contribution in [2.24, 2.45) is 5.92 Å². The van der Waals surface area contributed by atoms with Crippen molar-refractivity contribution < 1.29 is 4.79 Å². The van der Waals surface area contributed by atoms with Gasteiger partial charge in [0.15, 0.2) is 0 Å². The predicted octanol–water partition coefficient (Wildman–Crippen LogP) is 2.71. The molecule has 3 heteroatoms. The molecule has 1 saturated carbocycles. The van der Waals surface area contributed by atoms with Gasteiger partial charge in [0.25, 0.3) is 0 Å². The van der Waals surface area contributed by atoms with Gasteiger partial charge in [-0.25, -0.2) is 0 Å². The molecular formula is C11H13NOS. The molecule has 1 fully saturated rings. The van der Waals surface area contributed by atoms with Crippen molar-refractivity contribution in [3.05, 3.63) is 24.3 Å². The van der Waals surface area contributed by atoms with Crippen molar-refractivity contribution in [3.63, 3.8) is 0 Å². The Labute approximate surface area is 89.1 Å². The zero-order valence-corrected chi connectivity index (χ0v) is 8.76. The molecule has 0 unspecified atom stereocenters. The van der Waals surface area contributed by atoms with Gasteiger partial charge in [0, 0.05) is 16.5 Å². The fourth-order valence-corrected chi connectivity index (χ4v) is 1.72. The Balaban J connectivity index is 1.99. The molecule has 14 heavy (non-hydrogen) atoms. The first kappa shape index (κ1) is 9.59. The Morgan fingerprint density at radius 2 is 2.21 bits per heavy atom. The summed E-state index contributed by atoms with van der Waals surface area (Å²) in [6, 6.07) is 7.52. The second kappa shape index (κ2) is 4.05. The van der Waals surface area contributed by atoms with Crippen LogP contribution in [-0.2, 0) is 4.79 Å². The van der Waals surface area contributed by atoms with Gasteiger partial charge in [0.2, 0.25) is 5.91 Å². The maximum atomic E-state index is 11.6. The van der Waals surface area contributed by atoms with E-state index in [0.717, 1.165) is 23.4 Å². The van der Waals surface area contributed by atoms with Crippen LogP contribution in [-0.4, -0.2) is 5.91 Å². The number of nitrogens with one attached hydrogen (secondary N) is 1. The molecule has 1 aliphatic rings. The number of hydrogen-bond donors (Lipinski definition) is 2. The third kappa shape index (κ3) is 2.10. The lowest BCUT2D eigenvalue weighted by atomic mass is 9.85. The molecule has 2 rings (SSSR count). The highest BCUT2D eigenvalue weighted by Crippen LogP contribution is 2.27. The van der Waals surface area contributed by atoms with E-state index in [9.17, 15) is 4.79 Å². The molecular weight excluding hydrogens is 194 g/mol. The zero-order chi connectivity index (χ0) is 9.97. The van der Waals surface area contributed by atoms with Crippen molar-refractivity contribution in [3.8, 4) is 0 Å². The van der Waals surface area contributed by atoms with Crippen LogP contribution in [0.1, 0.15) is 19.3 Å². The van der Waals surface area contributed by atoms with Gasteiger partial charge in [-0.1, -0.05) is 12.5 Å². The number of hydrogen-bond acceptors (Lipinski definition) is 2. The lowest BCUT2D eigenvalue weighted by Crippen LogP contribution is -2.27. The first-order chi connectivity index (χ1) is 6.75. The van der Waals surface area contributed by atoms with E-state index in [2.05, 4.69) is 17.9 Å². The van der Waals surface area contributed by atoms with E-state index >= 15 is 0 Å². The molecule has 1 aromatic carbocycles. The normalized spacial score (nSPS) is 16.1. The molecule has 1 N–H and O–H groups in total. The molecule has 0 aromatic heterocycles. The average molecular weight is 207 g/mol. The van der Waals surface area contributed by atoms with Gasteiger partial charge in [-0.2, -0.15) is 0 Å². The molecule has 0 aliphatic heterocycles. The zero-order valence-electron chi connectivity index (χ0n) is 7.86. The minimum atomic E-state index is 0.148. The van der Waals surface area contributed by atoms with Gasteiger partial charge in [0.1, 0.15) is 0 Å². The Kier molecular flexibility index (Phi) is 2.77. The van der Waals surface area contributed by atoms with Crippen molar-refractivity contribution in [1.82, 2.24) is 0 Å². The maximum Gasteiger partial charge on any atom is 0.227 e.